The van der Waals surface area contributed by atoms with Crippen molar-refractivity contribution in [1.29, 1.82) is 0 Å². The van der Waals surface area contributed by atoms with Gasteiger partial charge in [0, 0.05) is 62.6 Å². The molecule has 156 valence electrons. The predicted octanol–water partition coefficient (Wildman–Crippen LogP) is 3.24. The molecule has 1 atom stereocenters. The molecule has 7 nitrogen and oxygen atoms in total. The van der Waals surface area contributed by atoms with Crippen LogP contribution in [0, 0.1) is 12.8 Å². The average Bonchev–Trinajstić information content (AvgIpc) is 3.41. The van der Waals surface area contributed by atoms with Gasteiger partial charge in [-0.25, -0.2) is 9.78 Å². The van der Waals surface area contributed by atoms with E-state index in [4.69, 9.17) is 4.74 Å². The lowest BCUT2D eigenvalue weighted by Gasteiger charge is -2.32. The number of aryl methyl sites for hydroxylation is 1. The smallest absolute Gasteiger partial charge is 0.317 e. The molecule has 0 radical (unpaired) electrons. The first-order chi connectivity index (χ1) is 14.2. The second-order valence-corrected chi connectivity index (χ2v) is 8.16. The van der Waals surface area contributed by atoms with Crippen molar-refractivity contribution in [2.75, 3.05) is 26.2 Å². The van der Waals surface area contributed by atoms with Crippen LogP contribution in [0.15, 0.2) is 30.7 Å². The number of pyridine rings is 1. The molecule has 2 aliphatic heterocycles. The van der Waals surface area contributed by atoms with Crippen LogP contribution in [-0.2, 0) is 11.3 Å². The zero-order valence-corrected chi connectivity index (χ0v) is 17.2. The van der Waals surface area contributed by atoms with Crippen LogP contribution >= 0.6 is 0 Å². The molecule has 1 unspecified atom stereocenters. The molecule has 2 aliphatic rings. The number of likely N-dealkylation sites (tertiary alicyclic amines) is 1. The molecule has 4 heterocycles. The minimum absolute atomic E-state index is 0.0586. The summed E-state index contributed by atoms with van der Waals surface area (Å²) >= 11 is 0. The second kappa shape index (κ2) is 9.39. The third kappa shape index (κ3) is 4.96. The number of imidazole rings is 1. The zero-order chi connectivity index (χ0) is 20.1. The van der Waals surface area contributed by atoms with E-state index < -0.39 is 0 Å². The Morgan fingerprint density at radius 1 is 1.28 bits per heavy atom. The number of aromatic nitrogens is 3. The van der Waals surface area contributed by atoms with Gasteiger partial charge in [0.2, 0.25) is 0 Å². The summed E-state index contributed by atoms with van der Waals surface area (Å²) in [4.78, 5) is 23.2. The SMILES string of the molecule is Cc1cnc(-c2cccnc2)n1CCC1CCN(C(=O)NCC2CCCO2)CC1. The summed E-state index contributed by atoms with van der Waals surface area (Å²) in [6, 6.07) is 4.06. The van der Waals surface area contributed by atoms with Gasteiger partial charge < -0.3 is 19.5 Å². The number of ether oxygens (including phenoxy) is 1. The van der Waals surface area contributed by atoms with Crippen LogP contribution in [0.1, 0.15) is 37.8 Å². The highest BCUT2D eigenvalue weighted by atomic mass is 16.5. The van der Waals surface area contributed by atoms with Crippen molar-refractivity contribution in [3.05, 3.63) is 36.4 Å². The fourth-order valence-electron chi connectivity index (χ4n) is 4.32. The molecule has 2 amide bonds. The number of amides is 2. The maximum Gasteiger partial charge on any atom is 0.317 e. The Bertz CT molecular complexity index is 793. The molecule has 2 aromatic heterocycles. The zero-order valence-electron chi connectivity index (χ0n) is 17.2. The summed E-state index contributed by atoms with van der Waals surface area (Å²) in [5, 5.41) is 3.04. The first kappa shape index (κ1) is 19.9. The molecule has 4 rings (SSSR count). The van der Waals surface area contributed by atoms with Crippen molar-refractivity contribution >= 4 is 6.03 Å². The molecular formula is C22H31N5O2. The van der Waals surface area contributed by atoms with Gasteiger partial charge in [0.1, 0.15) is 5.82 Å². The van der Waals surface area contributed by atoms with Gasteiger partial charge in [0.15, 0.2) is 0 Å². The van der Waals surface area contributed by atoms with Crippen LogP contribution in [0.4, 0.5) is 4.79 Å². The highest BCUT2D eigenvalue weighted by Crippen LogP contribution is 2.24. The van der Waals surface area contributed by atoms with Crippen LogP contribution < -0.4 is 5.32 Å². The largest absolute Gasteiger partial charge is 0.376 e. The molecule has 0 aliphatic carbocycles. The number of nitrogens with zero attached hydrogens (tertiary/aromatic N) is 4. The van der Waals surface area contributed by atoms with E-state index in [1.54, 1.807) is 6.20 Å². The molecule has 0 spiro atoms. The van der Waals surface area contributed by atoms with Gasteiger partial charge in [-0.1, -0.05) is 0 Å². The molecule has 7 heteroatoms. The van der Waals surface area contributed by atoms with Crippen LogP contribution in [0.3, 0.4) is 0 Å². The van der Waals surface area contributed by atoms with E-state index in [1.165, 1.54) is 5.69 Å². The van der Waals surface area contributed by atoms with Gasteiger partial charge in [-0.05, 0) is 57.1 Å². The Balaban J connectivity index is 1.24. The number of carbonyl (C=O) groups is 1. The number of rotatable bonds is 6. The Kier molecular flexibility index (Phi) is 6.44. The van der Waals surface area contributed by atoms with Gasteiger partial charge in [-0.2, -0.15) is 0 Å². The monoisotopic (exact) mass is 397 g/mol. The van der Waals surface area contributed by atoms with Gasteiger partial charge >= 0.3 is 6.03 Å². The Hall–Kier alpha value is -2.41. The summed E-state index contributed by atoms with van der Waals surface area (Å²) in [5.41, 5.74) is 2.23. The normalized spacial score (nSPS) is 20.2. The third-order valence-corrected chi connectivity index (χ3v) is 6.14. The Labute approximate surface area is 172 Å². The minimum atomic E-state index is 0.0586. The van der Waals surface area contributed by atoms with Gasteiger partial charge in [0.25, 0.3) is 0 Å². The van der Waals surface area contributed by atoms with Crippen molar-refractivity contribution in [2.45, 2.75) is 51.7 Å². The van der Waals surface area contributed by atoms with E-state index in [0.29, 0.717) is 12.5 Å². The van der Waals surface area contributed by atoms with E-state index in [9.17, 15) is 4.79 Å². The third-order valence-electron chi connectivity index (χ3n) is 6.14. The summed E-state index contributed by atoms with van der Waals surface area (Å²) in [5.74, 6) is 1.63. The second-order valence-electron chi connectivity index (χ2n) is 8.16. The Morgan fingerprint density at radius 3 is 2.86 bits per heavy atom. The van der Waals surface area contributed by atoms with Crippen LogP contribution in [0.5, 0.6) is 0 Å². The molecule has 2 saturated heterocycles. The number of urea groups is 1. The van der Waals surface area contributed by atoms with E-state index in [0.717, 1.165) is 69.7 Å². The number of hydrogen-bond acceptors (Lipinski definition) is 4. The average molecular weight is 398 g/mol. The van der Waals surface area contributed by atoms with Gasteiger partial charge in [0.05, 0.1) is 6.10 Å². The maximum absolute atomic E-state index is 12.4. The molecule has 0 aromatic carbocycles. The standard InChI is InChI=1S/C22H31N5O2/c1-17-14-24-21(19-4-2-9-23-15-19)27(17)12-8-18-6-10-26(11-7-18)22(28)25-16-20-5-3-13-29-20/h2,4,9,14-15,18,20H,3,5-8,10-13,16H2,1H3,(H,25,28). The van der Waals surface area contributed by atoms with Crippen LogP contribution in [0.2, 0.25) is 0 Å². The quantitative estimate of drug-likeness (QED) is 0.812. The fraction of sp³-hybridized carbons (Fsp3) is 0.591. The summed E-state index contributed by atoms with van der Waals surface area (Å²) in [6.45, 7) is 6.18. The first-order valence-corrected chi connectivity index (χ1v) is 10.8. The van der Waals surface area contributed by atoms with E-state index in [-0.39, 0.29) is 12.1 Å². The van der Waals surface area contributed by atoms with E-state index >= 15 is 0 Å². The predicted molar refractivity (Wildman–Crippen MR) is 111 cm³/mol. The van der Waals surface area contributed by atoms with Crippen molar-refractivity contribution in [3.63, 3.8) is 0 Å². The number of piperidine rings is 1. The lowest BCUT2D eigenvalue weighted by Crippen LogP contribution is -2.46. The molecule has 2 fully saturated rings. The molecule has 0 saturated carbocycles. The number of hydrogen-bond donors (Lipinski definition) is 1. The first-order valence-electron chi connectivity index (χ1n) is 10.8. The van der Waals surface area contributed by atoms with Crippen LogP contribution in [-0.4, -0.2) is 57.8 Å². The minimum Gasteiger partial charge on any atom is -0.376 e. The molecule has 2 aromatic rings. The summed E-state index contributed by atoms with van der Waals surface area (Å²) in [6.07, 6.45) is 11.2. The fourth-order valence-corrected chi connectivity index (χ4v) is 4.32. The maximum atomic E-state index is 12.4. The molecule has 29 heavy (non-hydrogen) atoms. The van der Waals surface area contributed by atoms with Crippen molar-refractivity contribution in [2.24, 2.45) is 5.92 Å². The summed E-state index contributed by atoms with van der Waals surface area (Å²) < 4.78 is 7.87. The topological polar surface area (TPSA) is 72.3 Å². The highest BCUT2D eigenvalue weighted by molar-refractivity contribution is 5.74. The van der Waals surface area contributed by atoms with Gasteiger partial charge in [-0.3, -0.25) is 4.98 Å². The lowest BCUT2D eigenvalue weighted by atomic mass is 9.93. The number of nitrogens with one attached hydrogen (secondary N) is 1. The summed E-state index contributed by atoms with van der Waals surface area (Å²) in [7, 11) is 0. The lowest BCUT2D eigenvalue weighted by molar-refractivity contribution is 0.107. The van der Waals surface area contributed by atoms with Crippen LogP contribution in [0.25, 0.3) is 11.4 Å². The highest BCUT2D eigenvalue weighted by Gasteiger charge is 2.24. The van der Waals surface area contributed by atoms with Crippen molar-refractivity contribution in [1.82, 2.24) is 24.8 Å². The molecule has 1 N–H and O–H groups in total. The molecule has 0 bridgehead atoms. The van der Waals surface area contributed by atoms with Crippen molar-refractivity contribution < 1.29 is 9.53 Å². The van der Waals surface area contributed by atoms with Gasteiger partial charge in [-0.15, -0.1) is 0 Å². The van der Waals surface area contributed by atoms with E-state index in [1.807, 2.05) is 23.4 Å². The Morgan fingerprint density at radius 2 is 2.14 bits per heavy atom. The van der Waals surface area contributed by atoms with Crippen molar-refractivity contribution in [3.8, 4) is 11.4 Å². The van der Waals surface area contributed by atoms with E-state index in [2.05, 4.69) is 32.8 Å². The molecular weight excluding hydrogens is 366 g/mol. The number of carbonyl (C=O) groups excluding carboxylic acids is 1.